The molecule has 0 aliphatic heterocycles. The van der Waals surface area contributed by atoms with Crippen molar-refractivity contribution in [2.24, 2.45) is 0 Å². The number of ether oxygens (including phenoxy) is 1. The summed E-state index contributed by atoms with van der Waals surface area (Å²) in [5.74, 6) is 0.936. The Kier molecular flexibility index (Phi) is 4.84. The number of nitrogens with one attached hydrogen (secondary N) is 1. The van der Waals surface area contributed by atoms with E-state index in [2.05, 4.69) is 36.4 Å². The first-order valence-corrected chi connectivity index (χ1v) is 6.80. The van der Waals surface area contributed by atoms with Gasteiger partial charge in [-0.2, -0.15) is 5.10 Å². The van der Waals surface area contributed by atoms with Crippen LogP contribution in [0.4, 0.5) is 5.69 Å². The molecule has 0 atom stereocenters. The van der Waals surface area contributed by atoms with Crippen LogP contribution in [-0.4, -0.2) is 16.4 Å². The number of aromatic nitrogens is 2. The lowest BCUT2D eigenvalue weighted by atomic mass is 10.2. The predicted molar refractivity (Wildman–Crippen MR) is 77.5 cm³/mol. The molecule has 1 heterocycles. The van der Waals surface area contributed by atoms with Gasteiger partial charge in [-0.05, 0) is 31.0 Å². The topological polar surface area (TPSA) is 39.1 Å². The summed E-state index contributed by atoms with van der Waals surface area (Å²) in [5, 5.41) is 7.59. The Hall–Kier alpha value is -1.97. The highest BCUT2D eigenvalue weighted by Gasteiger charge is 1.99. The van der Waals surface area contributed by atoms with Crippen molar-refractivity contribution < 1.29 is 4.74 Å². The molecule has 0 saturated carbocycles. The third-order valence-corrected chi connectivity index (χ3v) is 2.83. The van der Waals surface area contributed by atoms with Crippen molar-refractivity contribution in [3.8, 4) is 5.75 Å². The molecular weight excluding hydrogens is 238 g/mol. The van der Waals surface area contributed by atoms with Gasteiger partial charge in [-0.15, -0.1) is 0 Å². The highest BCUT2D eigenvalue weighted by molar-refractivity contribution is 5.40. The number of aryl methyl sites for hydroxylation is 1. The summed E-state index contributed by atoms with van der Waals surface area (Å²) in [6, 6.07) is 8.19. The second-order valence-electron chi connectivity index (χ2n) is 4.43. The summed E-state index contributed by atoms with van der Waals surface area (Å²) in [5.41, 5.74) is 2.25. The van der Waals surface area contributed by atoms with Gasteiger partial charge in [-0.3, -0.25) is 4.68 Å². The molecule has 102 valence electrons. The molecule has 1 aromatic carbocycles. The third kappa shape index (κ3) is 4.02. The van der Waals surface area contributed by atoms with Crippen LogP contribution in [0.5, 0.6) is 5.75 Å². The molecule has 1 aromatic heterocycles. The highest BCUT2D eigenvalue weighted by atomic mass is 16.5. The molecule has 0 spiro atoms. The molecule has 2 aromatic rings. The minimum atomic E-state index is 0.764. The minimum absolute atomic E-state index is 0.764. The summed E-state index contributed by atoms with van der Waals surface area (Å²) in [7, 11) is 0. The first kappa shape index (κ1) is 13.5. The zero-order chi connectivity index (χ0) is 13.5. The van der Waals surface area contributed by atoms with Gasteiger partial charge in [0.25, 0.3) is 0 Å². The fourth-order valence-corrected chi connectivity index (χ4v) is 1.80. The number of rotatable bonds is 7. The van der Waals surface area contributed by atoms with Crippen LogP contribution in [-0.2, 0) is 13.1 Å². The van der Waals surface area contributed by atoms with Crippen LogP contribution in [0.15, 0.2) is 36.7 Å². The second-order valence-corrected chi connectivity index (χ2v) is 4.43. The quantitative estimate of drug-likeness (QED) is 0.829. The summed E-state index contributed by atoms with van der Waals surface area (Å²) in [6.07, 6.45) is 4.89. The SMILES string of the molecule is CCCOc1cccc(CNc2cnn(CC)c2)c1. The van der Waals surface area contributed by atoms with Crippen LogP contribution in [0.25, 0.3) is 0 Å². The van der Waals surface area contributed by atoms with E-state index < -0.39 is 0 Å². The molecule has 4 nitrogen and oxygen atoms in total. The molecule has 0 aliphatic rings. The molecular formula is C15H21N3O. The van der Waals surface area contributed by atoms with Crippen LogP contribution >= 0.6 is 0 Å². The number of hydrogen-bond donors (Lipinski definition) is 1. The highest BCUT2D eigenvalue weighted by Crippen LogP contribution is 2.15. The molecule has 19 heavy (non-hydrogen) atoms. The van der Waals surface area contributed by atoms with Crippen molar-refractivity contribution in [3.63, 3.8) is 0 Å². The fourth-order valence-electron chi connectivity index (χ4n) is 1.80. The lowest BCUT2D eigenvalue weighted by Crippen LogP contribution is -2.00. The van der Waals surface area contributed by atoms with Gasteiger partial charge in [0.1, 0.15) is 5.75 Å². The van der Waals surface area contributed by atoms with Crippen molar-refractivity contribution in [2.75, 3.05) is 11.9 Å². The van der Waals surface area contributed by atoms with Gasteiger partial charge in [0.05, 0.1) is 18.5 Å². The summed E-state index contributed by atoms with van der Waals surface area (Å²) in [6.45, 7) is 6.61. The molecule has 1 N–H and O–H groups in total. The maximum atomic E-state index is 5.63. The van der Waals surface area contributed by atoms with Crippen molar-refractivity contribution in [2.45, 2.75) is 33.4 Å². The monoisotopic (exact) mass is 259 g/mol. The largest absolute Gasteiger partial charge is 0.494 e. The maximum absolute atomic E-state index is 5.63. The Labute approximate surface area is 114 Å². The van der Waals surface area contributed by atoms with Gasteiger partial charge in [0, 0.05) is 19.3 Å². The van der Waals surface area contributed by atoms with Gasteiger partial charge < -0.3 is 10.1 Å². The van der Waals surface area contributed by atoms with Crippen LogP contribution in [0.2, 0.25) is 0 Å². The first-order valence-electron chi connectivity index (χ1n) is 6.80. The molecule has 4 heteroatoms. The van der Waals surface area contributed by atoms with E-state index in [9.17, 15) is 0 Å². The molecule has 0 radical (unpaired) electrons. The lowest BCUT2D eigenvalue weighted by molar-refractivity contribution is 0.317. The van der Waals surface area contributed by atoms with Crippen molar-refractivity contribution in [1.82, 2.24) is 9.78 Å². The van der Waals surface area contributed by atoms with E-state index >= 15 is 0 Å². The Morgan fingerprint density at radius 3 is 2.95 bits per heavy atom. The smallest absolute Gasteiger partial charge is 0.119 e. The normalized spacial score (nSPS) is 10.4. The van der Waals surface area contributed by atoms with Gasteiger partial charge in [-0.1, -0.05) is 19.1 Å². The van der Waals surface area contributed by atoms with Crippen molar-refractivity contribution in [1.29, 1.82) is 0 Å². The van der Waals surface area contributed by atoms with Crippen LogP contribution in [0.3, 0.4) is 0 Å². The number of benzene rings is 1. The Morgan fingerprint density at radius 1 is 1.32 bits per heavy atom. The zero-order valence-electron chi connectivity index (χ0n) is 11.6. The van der Waals surface area contributed by atoms with Crippen molar-refractivity contribution >= 4 is 5.69 Å². The van der Waals surface area contributed by atoms with E-state index in [0.29, 0.717) is 0 Å². The van der Waals surface area contributed by atoms with Crippen LogP contribution < -0.4 is 10.1 Å². The van der Waals surface area contributed by atoms with E-state index in [4.69, 9.17) is 4.74 Å². The Morgan fingerprint density at radius 2 is 2.21 bits per heavy atom. The zero-order valence-corrected chi connectivity index (χ0v) is 11.6. The average Bonchev–Trinajstić information content (AvgIpc) is 2.91. The predicted octanol–water partition coefficient (Wildman–Crippen LogP) is 3.30. The van der Waals surface area contributed by atoms with E-state index in [-0.39, 0.29) is 0 Å². The third-order valence-electron chi connectivity index (χ3n) is 2.83. The van der Waals surface area contributed by atoms with Gasteiger partial charge >= 0.3 is 0 Å². The maximum Gasteiger partial charge on any atom is 0.119 e. The summed E-state index contributed by atoms with van der Waals surface area (Å²) in [4.78, 5) is 0. The van der Waals surface area contributed by atoms with E-state index in [0.717, 1.165) is 37.6 Å². The van der Waals surface area contributed by atoms with Gasteiger partial charge in [0.15, 0.2) is 0 Å². The number of hydrogen-bond acceptors (Lipinski definition) is 3. The van der Waals surface area contributed by atoms with Gasteiger partial charge in [-0.25, -0.2) is 0 Å². The second kappa shape index (κ2) is 6.83. The number of anilines is 1. The van der Waals surface area contributed by atoms with Crippen LogP contribution in [0.1, 0.15) is 25.8 Å². The average molecular weight is 259 g/mol. The fraction of sp³-hybridized carbons (Fsp3) is 0.400. The summed E-state index contributed by atoms with van der Waals surface area (Å²) < 4.78 is 7.53. The van der Waals surface area contributed by atoms with Crippen LogP contribution in [0, 0.1) is 0 Å². The molecule has 0 saturated heterocycles. The van der Waals surface area contributed by atoms with E-state index in [1.54, 1.807) is 0 Å². The lowest BCUT2D eigenvalue weighted by Gasteiger charge is -2.08. The molecule has 0 fully saturated rings. The first-order chi connectivity index (χ1) is 9.31. The molecule has 0 unspecified atom stereocenters. The summed E-state index contributed by atoms with van der Waals surface area (Å²) >= 11 is 0. The molecule has 0 aliphatic carbocycles. The molecule has 0 bridgehead atoms. The molecule has 0 amide bonds. The Balaban J connectivity index is 1.91. The van der Waals surface area contributed by atoms with E-state index in [1.165, 1.54) is 5.56 Å². The van der Waals surface area contributed by atoms with E-state index in [1.807, 2.05) is 29.2 Å². The minimum Gasteiger partial charge on any atom is -0.494 e. The standard InChI is InChI=1S/C15H21N3O/c1-3-8-19-15-7-5-6-13(9-15)10-16-14-11-17-18(4-2)12-14/h5-7,9,11-12,16H,3-4,8,10H2,1-2H3. The van der Waals surface area contributed by atoms with Gasteiger partial charge in [0.2, 0.25) is 0 Å². The van der Waals surface area contributed by atoms with Crippen molar-refractivity contribution in [3.05, 3.63) is 42.2 Å². The Bertz CT molecular complexity index is 508. The number of nitrogens with zero attached hydrogens (tertiary/aromatic N) is 2. The molecule has 2 rings (SSSR count).